The maximum Gasteiger partial charge on any atom is 0.251 e. The van der Waals surface area contributed by atoms with Gasteiger partial charge in [0.2, 0.25) is 0 Å². The van der Waals surface area contributed by atoms with E-state index in [4.69, 9.17) is 0 Å². The zero-order valence-electron chi connectivity index (χ0n) is 9.76. The summed E-state index contributed by atoms with van der Waals surface area (Å²) in [5, 5.41) is 2.66. The van der Waals surface area contributed by atoms with Gasteiger partial charge in [0.1, 0.15) is 0 Å². The number of benzene rings is 1. The van der Waals surface area contributed by atoms with Crippen LogP contribution < -0.4 is 5.32 Å². The molecule has 0 aromatic heterocycles. The molecular formula is C13H19NO. The Morgan fingerprint density at radius 1 is 1.20 bits per heavy atom. The number of carbonyl (C=O) groups excluding carboxylic acids is 1. The fourth-order valence-electron chi connectivity index (χ4n) is 1.68. The van der Waals surface area contributed by atoms with Crippen molar-refractivity contribution in [3.8, 4) is 0 Å². The average Bonchev–Trinajstić information content (AvgIpc) is 2.28. The third kappa shape index (κ3) is 3.08. The van der Waals surface area contributed by atoms with Gasteiger partial charge in [-0.15, -0.1) is 0 Å². The van der Waals surface area contributed by atoms with Crippen LogP contribution in [0.1, 0.15) is 41.8 Å². The van der Waals surface area contributed by atoms with Crippen molar-refractivity contribution in [2.24, 2.45) is 0 Å². The van der Waals surface area contributed by atoms with Gasteiger partial charge in [-0.2, -0.15) is 0 Å². The first-order valence-electron chi connectivity index (χ1n) is 5.56. The summed E-state index contributed by atoms with van der Waals surface area (Å²) < 4.78 is 0. The summed E-state index contributed by atoms with van der Waals surface area (Å²) in [6.45, 7) is 4.26. The second-order valence-corrected chi connectivity index (χ2v) is 3.72. The van der Waals surface area contributed by atoms with Crippen LogP contribution in [0.3, 0.4) is 0 Å². The van der Waals surface area contributed by atoms with Crippen LogP contribution in [0.5, 0.6) is 0 Å². The van der Waals surface area contributed by atoms with Crippen molar-refractivity contribution < 1.29 is 4.79 Å². The van der Waals surface area contributed by atoms with E-state index >= 15 is 0 Å². The van der Waals surface area contributed by atoms with Crippen molar-refractivity contribution >= 4 is 5.91 Å². The van der Waals surface area contributed by atoms with E-state index in [1.54, 1.807) is 7.05 Å². The van der Waals surface area contributed by atoms with Gasteiger partial charge in [-0.1, -0.05) is 26.3 Å². The monoisotopic (exact) mass is 205 g/mol. The number of nitrogens with one attached hydrogen (secondary N) is 1. The molecule has 15 heavy (non-hydrogen) atoms. The molecule has 0 radical (unpaired) electrons. The lowest BCUT2D eigenvalue weighted by atomic mass is 10.0. The van der Waals surface area contributed by atoms with Crippen LogP contribution >= 0.6 is 0 Å². The van der Waals surface area contributed by atoms with Crippen LogP contribution in [0.2, 0.25) is 0 Å². The minimum atomic E-state index is 0.00246. The van der Waals surface area contributed by atoms with Gasteiger partial charge in [-0.05, 0) is 36.1 Å². The van der Waals surface area contributed by atoms with E-state index in [2.05, 4.69) is 25.2 Å². The minimum Gasteiger partial charge on any atom is -0.355 e. The molecule has 0 aliphatic carbocycles. The lowest BCUT2D eigenvalue weighted by Crippen LogP contribution is -2.18. The Labute approximate surface area is 91.7 Å². The summed E-state index contributed by atoms with van der Waals surface area (Å²) in [6, 6.07) is 6.15. The Hall–Kier alpha value is -1.31. The SMILES string of the molecule is CCCc1cc(CC)cc(C(=O)NC)c1. The van der Waals surface area contributed by atoms with Crippen LogP contribution in [0.4, 0.5) is 0 Å². The van der Waals surface area contributed by atoms with Gasteiger partial charge < -0.3 is 5.32 Å². The van der Waals surface area contributed by atoms with E-state index in [1.165, 1.54) is 11.1 Å². The smallest absolute Gasteiger partial charge is 0.251 e. The van der Waals surface area contributed by atoms with Gasteiger partial charge in [-0.3, -0.25) is 4.79 Å². The van der Waals surface area contributed by atoms with Gasteiger partial charge >= 0.3 is 0 Å². The van der Waals surface area contributed by atoms with E-state index in [-0.39, 0.29) is 5.91 Å². The van der Waals surface area contributed by atoms with Crippen molar-refractivity contribution in [2.75, 3.05) is 7.05 Å². The van der Waals surface area contributed by atoms with E-state index in [1.807, 2.05) is 12.1 Å². The zero-order chi connectivity index (χ0) is 11.3. The van der Waals surface area contributed by atoms with Gasteiger partial charge in [-0.25, -0.2) is 0 Å². The lowest BCUT2D eigenvalue weighted by Gasteiger charge is -2.07. The van der Waals surface area contributed by atoms with E-state index in [0.717, 1.165) is 24.8 Å². The highest BCUT2D eigenvalue weighted by atomic mass is 16.1. The zero-order valence-corrected chi connectivity index (χ0v) is 9.76. The molecule has 0 saturated heterocycles. The first kappa shape index (κ1) is 11.8. The molecule has 1 aromatic rings. The maximum atomic E-state index is 11.5. The predicted octanol–water partition coefficient (Wildman–Crippen LogP) is 2.56. The molecular weight excluding hydrogens is 186 g/mol. The molecule has 0 spiro atoms. The molecule has 1 aromatic carbocycles. The standard InChI is InChI=1S/C13H19NO/c1-4-6-11-7-10(5-2)8-12(9-11)13(15)14-3/h7-9H,4-6H2,1-3H3,(H,14,15). The normalized spacial score (nSPS) is 10.1. The first-order valence-corrected chi connectivity index (χ1v) is 5.56. The first-order chi connectivity index (χ1) is 7.21. The molecule has 0 saturated carbocycles. The summed E-state index contributed by atoms with van der Waals surface area (Å²) in [7, 11) is 1.67. The molecule has 1 amide bonds. The second kappa shape index (κ2) is 5.54. The van der Waals surface area contributed by atoms with Crippen molar-refractivity contribution in [1.82, 2.24) is 5.32 Å². The second-order valence-electron chi connectivity index (χ2n) is 3.72. The Balaban J connectivity index is 3.05. The third-order valence-corrected chi connectivity index (χ3v) is 2.49. The van der Waals surface area contributed by atoms with Crippen molar-refractivity contribution in [2.45, 2.75) is 33.1 Å². The molecule has 82 valence electrons. The Morgan fingerprint density at radius 3 is 2.40 bits per heavy atom. The highest BCUT2D eigenvalue weighted by Gasteiger charge is 2.05. The summed E-state index contributed by atoms with van der Waals surface area (Å²) in [6.07, 6.45) is 3.12. The average molecular weight is 205 g/mol. The molecule has 1 N–H and O–H groups in total. The Morgan fingerprint density at radius 2 is 1.87 bits per heavy atom. The molecule has 1 rings (SSSR count). The summed E-state index contributed by atoms with van der Waals surface area (Å²) in [4.78, 5) is 11.5. The number of hydrogen-bond donors (Lipinski definition) is 1. The molecule has 0 atom stereocenters. The van der Waals surface area contributed by atoms with Crippen LogP contribution in [0, 0.1) is 0 Å². The molecule has 0 fully saturated rings. The molecule has 0 aliphatic rings. The molecule has 0 heterocycles. The number of aryl methyl sites for hydroxylation is 2. The molecule has 0 bridgehead atoms. The van der Waals surface area contributed by atoms with Crippen molar-refractivity contribution in [1.29, 1.82) is 0 Å². The fourth-order valence-corrected chi connectivity index (χ4v) is 1.68. The van der Waals surface area contributed by atoms with Gasteiger partial charge in [0.05, 0.1) is 0 Å². The third-order valence-electron chi connectivity index (χ3n) is 2.49. The summed E-state index contributed by atoms with van der Waals surface area (Å²) >= 11 is 0. The Kier molecular flexibility index (Phi) is 4.35. The van der Waals surface area contributed by atoms with Gasteiger partial charge in [0, 0.05) is 12.6 Å². The van der Waals surface area contributed by atoms with Gasteiger partial charge in [0.15, 0.2) is 0 Å². The number of hydrogen-bond acceptors (Lipinski definition) is 1. The molecule has 2 heteroatoms. The van der Waals surface area contributed by atoms with Crippen LogP contribution in [0.15, 0.2) is 18.2 Å². The van der Waals surface area contributed by atoms with Crippen LogP contribution in [0.25, 0.3) is 0 Å². The molecule has 0 unspecified atom stereocenters. The topological polar surface area (TPSA) is 29.1 Å². The minimum absolute atomic E-state index is 0.00246. The van der Waals surface area contributed by atoms with E-state index in [9.17, 15) is 4.79 Å². The maximum absolute atomic E-state index is 11.5. The predicted molar refractivity (Wildman–Crippen MR) is 63.2 cm³/mol. The summed E-state index contributed by atoms with van der Waals surface area (Å²) in [5.74, 6) is 0.00246. The molecule has 2 nitrogen and oxygen atoms in total. The highest BCUT2D eigenvalue weighted by Crippen LogP contribution is 2.13. The number of amides is 1. The van der Waals surface area contributed by atoms with E-state index in [0.29, 0.717) is 0 Å². The fraction of sp³-hybridized carbons (Fsp3) is 0.462. The summed E-state index contributed by atoms with van der Waals surface area (Å²) in [5.41, 5.74) is 3.27. The highest BCUT2D eigenvalue weighted by molar-refractivity contribution is 5.94. The largest absolute Gasteiger partial charge is 0.355 e. The number of carbonyl (C=O) groups is 1. The molecule has 0 aliphatic heterocycles. The van der Waals surface area contributed by atoms with Crippen LogP contribution in [-0.4, -0.2) is 13.0 Å². The van der Waals surface area contributed by atoms with E-state index < -0.39 is 0 Å². The lowest BCUT2D eigenvalue weighted by molar-refractivity contribution is 0.0963. The van der Waals surface area contributed by atoms with Crippen molar-refractivity contribution in [3.05, 3.63) is 34.9 Å². The van der Waals surface area contributed by atoms with Crippen LogP contribution in [-0.2, 0) is 12.8 Å². The van der Waals surface area contributed by atoms with Crippen molar-refractivity contribution in [3.63, 3.8) is 0 Å². The number of rotatable bonds is 4. The Bertz CT molecular complexity index is 344. The van der Waals surface area contributed by atoms with Gasteiger partial charge in [0.25, 0.3) is 5.91 Å². The quantitative estimate of drug-likeness (QED) is 0.804.